The number of hydrogen-bond donors (Lipinski definition) is 1. The normalized spacial score (nSPS) is 11.2. The van der Waals surface area contributed by atoms with Crippen LogP contribution in [0.25, 0.3) is 10.2 Å². The first-order valence-corrected chi connectivity index (χ1v) is 9.85. The second-order valence-electron chi connectivity index (χ2n) is 6.91. The predicted octanol–water partition coefficient (Wildman–Crippen LogP) is 2.72. The van der Waals surface area contributed by atoms with Crippen LogP contribution in [0.4, 0.5) is 5.13 Å². The second kappa shape index (κ2) is 8.43. The van der Waals surface area contributed by atoms with E-state index in [-0.39, 0.29) is 5.91 Å². The molecule has 4 nitrogen and oxygen atoms in total. The molecule has 1 amide bonds. The molecule has 0 aliphatic heterocycles. The summed E-state index contributed by atoms with van der Waals surface area (Å²) in [6, 6.07) is 16.4. The molecule has 3 aromatic rings. The van der Waals surface area contributed by atoms with Crippen LogP contribution < -0.4 is 9.80 Å². The van der Waals surface area contributed by atoms with E-state index in [1.165, 1.54) is 10.5 Å². The minimum absolute atomic E-state index is 0.145. The number of aryl methyl sites for hydroxylation is 2. The van der Waals surface area contributed by atoms with Gasteiger partial charge in [0.05, 0.1) is 37.4 Å². The summed E-state index contributed by atoms with van der Waals surface area (Å²) in [5.41, 5.74) is 3.35. The van der Waals surface area contributed by atoms with Crippen LogP contribution in [0.1, 0.15) is 17.5 Å². The van der Waals surface area contributed by atoms with E-state index in [0.29, 0.717) is 13.0 Å². The third-order valence-electron chi connectivity index (χ3n) is 4.45. The molecule has 136 valence electrons. The van der Waals surface area contributed by atoms with Crippen LogP contribution in [0.5, 0.6) is 0 Å². The maximum absolute atomic E-state index is 13.0. The fraction of sp³-hybridized carbons (Fsp3) is 0.333. The summed E-state index contributed by atoms with van der Waals surface area (Å²) in [6.45, 7) is 3.65. The van der Waals surface area contributed by atoms with Gasteiger partial charge in [-0.25, -0.2) is 4.98 Å². The van der Waals surface area contributed by atoms with Crippen molar-refractivity contribution in [2.45, 2.75) is 19.8 Å². The Kier molecular flexibility index (Phi) is 6.01. The largest absolute Gasteiger partial charge is 0.338 e. The number of thiazole rings is 1. The maximum atomic E-state index is 13.0. The molecule has 0 radical (unpaired) electrons. The minimum atomic E-state index is 0.145. The van der Waals surface area contributed by atoms with Gasteiger partial charge in [0.25, 0.3) is 0 Å². The topological polar surface area (TPSA) is 37.6 Å². The summed E-state index contributed by atoms with van der Waals surface area (Å²) >= 11 is 1.61. The van der Waals surface area contributed by atoms with Crippen molar-refractivity contribution in [2.75, 3.05) is 32.1 Å². The lowest BCUT2D eigenvalue weighted by Crippen LogP contribution is -3.06. The van der Waals surface area contributed by atoms with Crippen molar-refractivity contribution in [3.63, 3.8) is 0 Å². The Hall–Kier alpha value is -2.24. The summed E-state index contributed by atoms with van der Waals surface area (Å²) in [7, 11) is 4.21. The highest BCUT2D eigenvalue weighted by Gasteiger charge is 2.21. The zero-order chi connectivity index (χ0) is 18.5. The Bertz CT molecular complexity index is 873. The van der Waals surface area contributed by atoms with Gasteiger partial charge >= 0.3 is 0 Å². The van der Waals surface area contributed by atoms with Crippen molar-refractivity contribution in [1.29, 1.82) is 0 Å². The Labute approximate surface area is 159 Å². The van der Waals surface area contributed by atoms with Gasteiger partial charge < -0.3 is 4.90 Å². The van der Waals surface area contributed by atoms with Crippen LogP contribution in [-0.4, -0.2) is 38.1 Å². The van der Waals surface area contributed by atoms with E-state index in [1.54, 1.807) is 11.3 Å². The monoisotopic (exact) mass is 368 g/mol. The standard InChI is InChI=1S/C21H25N3OS/c1-16-8-7-11-18-20(16)22-21(26-18)24(15-14-23(2)3)19(25)13-12-17-9-5-4-6-10-17/h4-11H,12-15H2,1-3H3/p+1. The summed E-state index contributed by atoms with van der Waals surface area (Å²) in [6.07, 6.45) is 1.26. The highest BCUT2D eigenvalue weighted by atomic mass is 32.1. The maximum Gasteiger partial charge on any atom is 0.229 e. The number of anilines is 1. The third kappa shape index (κ3) is 4.48. The van der Waals surface area contributed by atoms with Crippen molar-refractivity contribution in [3.8, 4) is 0 Å². The van der Waals surface area contributed by atoms with Crippen molar-refractivity contribution in [3.05, 3.63) is 59.7 Å². The molecule has 26 heavy (non-hydrogen) atoms. The van der Waals surface area contributed by atoms with E-state index in [2.05, 4.69) is 45.3 Å². The fourth-order valence-electron chi connectivity index (χ4n) is 2.88. The molecule has 0 atom stereocenters. The Balaban J connectivity index is 1.81. The summed E-state index contributed by atoms with van der Waals surface area (Å²) in [5, 5.41) is 0.814. The van der Waals surface area contributed by atoms with E-state index < -0.39 is 0 Å². The number of para-hydroxylation sites is 1. The number of carbonyl (C=O) groups is 1. The van der Waals surface area contributed by atoms with Crippen molar-refractivity contribution in [2.24, 2.45) is 0 Å². The number of quaternary nitrogens is 1. The molecule has 1 heterocycles. The molecule has 0 aliphatic rings. The van der Waals surface area contributed by atoms with Gasteiger partial charge in [0, 0.05) is 6.42 Å². The molecule has 0 aliphatic carbocycles. The molecule has 0 saturated carbocycles. The van der Waals surface area contributed by atoms with Crippen LogP contribution in [0.2, 0.25) is 0 Å². The predicted molar refractivity (Wildman–Crippen MR) is 109 cm³/mol. The summed E-state index contributed by atoms with van der Waals surface area (Å²) in [4.78, 5) is 21.0. The summed E-state index contributed by atoms with van der Waals surface area (Å²) in [5.74, 6) is 0.145. The lowest BCUT2D eigenvalue weighted by atomic mass is 10.1. The van der Waals surface area contributed by atoms with E-state index in [9.17, 15) is 4.79 Å². The first-order valence-electron chi connectivity index (χ1n) is 9.04. The Morgan fingerprint density at radius 3 is 2.58 bits per heavy atom. The molecule has 2 aromatic carbocycles. The molecule has 3 rings (SSSR count). The highest BCUT2D eigenvalue weighted by Crippen LogP contribution is 2.30. The van der Waals surface area contributed by atoms with Gasteiger partial charge in [-0.1, -0.05) is 53.8 Å². The average molecular weight is 369 g/mol. The average Bonchev–Trinajstić information content (AvgIpc) is 3.06. The molecule has 5 heteroatoms. The van der Waals surface area contributed by atoms with Gasteiger partial charge in [0.2, 0.25) is 5.91 Å². The van der Waals surface area contributed by atoms with Gasteiger partial charge in [0.1, 0.15) is 0 Å². The quantitative estimate of drug-likeness (QED) is 0.696. The lowest BCUT2D eigenvalue weighted by molar-refractivity contribution is -0.856. The molecule has 0 saturated heterocycles. The lowest BCUT2D eigenvalue weighted by Gasteiger charge is -2.20. The SMILES string of the molecule is Cc1cccc2sc(N(CC[NH+](C)C)C(=O)CCc3ccccc3)nc12. The molecule has 1 N–H and O–H groups in total. The van der Waals surface area contributed by atoms with Crippen LogP contribution in [0.15, 0.2) is 48.5 Å². The smallest absolute Gasteiger partial charge is 0.229 e. The number of fused-ring (bicyclic) bond motifs is 1. The zero-order valence-electron chi connectivity index (χ0n) is 15.7. The van der Waals surface area contributed by atoms with Crippen LogP contribution in [-0.2, 0) is 11.2 Å². The van der Waals surface area contributed by atoms with Crippen LogP contribution in [0.3, 0.4) is 0 Å². The van der Waals surface area contributed by atoms with Crippen LogP contribution >= 0.6 is 11.3 Å². The summed E-state index contributed by atoms with van der Waals surface area (Å²) < 4.78 is 1.14. The number of carbonyl (C=O) groups excluding carboxylic acids is 1. The van der Waals surface area contributed by atoms with Gasteiger partial charge in [-0.3, -0.25) is 9.69 Å². The number of amides is 1. The van der Waals surface area contributed by atoms with Crippen LogP contribution in [0, 0.1) is 6.92 Å². The van der Waals surface area contributed by atoms with Crippen molar-refractivity contribution >= 4 is 32.6 Å². The number of likely N-dealkylation sites (N-methyl/N-ethyl adjacent to an activating group) is 1. The van der Waals surface area contributed by atoms with Crippen molar-refractivity contribution < 1.29 is 9.69 Å². The van der Waals surface area contributed by atoms with Crippen molar-refractivity contribution in [1.82, 2.24) is 4.98 Å². The van der Waals surface area contributed by atoms with E-state index >= 15 is 0 Å². The molecule has 0 unspecified atom stereocenters. The molecule has 0 fully saturated rings. The minimum Gasteiger partial charge on any atom is -0.338 e. The van der Waals surface area contributed by atoms with Gasteiger partial charge in [-0.15, -0.1) is 0 Å². The fourth-order valence-corrected chi connectivity index (χ4v) is 3.97. The second-order valence-corrected chi connectivity index (χ2v) is 7.92. The van der Waals surface area contributed by atoms with Gasteiger partial charge in [-0.05, 0) is 30.5 Å². The number of hydrogen-bond acceptors (Lipinski definition) is 3. The van der Waals surface area contributed by atoms with E-state index in [0.717, 1.165) is 33.9 Å². The third-order valence-corrected chi connectivity index (χ3v) is 5.49. The Morgan fingerprint density at radius 1 is 1.12 bits per heavy atom. The first kappa shape index (κ1) is 18.5. The van der Waals surface area contributed by atoms with Gasteiger partial charge in [-0.2, -0.15) is 0 Å². The molecule has 0 spiro atoms. The molecule has 0 bridgehead atoms. The number of aromatic nitrogens is 1. The molecule has 1 aromatic heterocycles. The number of nitrogens with zero attached hydrogens (tertiary/aromatic N) is 2. The zero-order valence-corrected chi connectivity index (χ0v) is 16.5. The number of benzene rings is 2. The molecular formula is C21H26N3OS+. The van der Waals surface area contributed by atoms with Gasteiger partial charge in [0.15, 0.2) is 5.13 Å². The highest BCUT2D eigenvalue weighted by molar-refractivity contribution is 7.22. The first-order chi connectivity index (χ1) is 12.5. The Morgan fingerprint density at radius 2 is 1.88 bits per heavy atom. The number of rotatable bonds is 7. The molecular weight excluding hydrogens is 342 g/mol. The number of nitrogens with one attached hydrogen (secondary N) is 1. The van der Waals surface area contributed by atoms with E-state index in [4.69, 9.17) is 4.98 Å². The van der Waals surface area contributed by atoms with E-state index in [1.807, 2.05) is 29.2 Å².